The van der Waals surface area contributed by atoms with E-state index >= 15 is 0 Å². The molecule has 1 amide bonds. The summed E-state index contributed by atoms with van der Waals surface area (Å²) in [6.45, 7) is 10.7. The fourth-order valence-corrected chi connectivity index (χ4v) is 4.09. The highest BCUT2D eigenvalue weighted by Crippen LogP contribution is 2.22. The second-order valence-electron chi connectivity index (χ2n) is 7.16. The van der Waals surface area contributed by atoms with Gasteiger partial charge in [0.1, 0.15) is 5.82 Å². The minimum absolute atomic E-state index is 0.104. The molecular weight excluding hydrogens is 342 g/mol. The molecule has 5 heteroatoms. The zero-order valence-electron chi connectivity index (χ0n) is 16.0. The Morgan fingerprint density at radius 3 is 2.65 bits per heavy atom. The quantitative estimate of drug-likeness (QED) is 0.580. The van der Waals surface area contributed by atoms with E-state index in [4.69, 9.17) is 4.98 Å². The van der Waals surface area contributed by atoms with E-state index in [2.05, 4.69) is 31.4 Å². The van der Waals surface area contributed by atoms with E-state index in [1.54, 1.807) is 11.3 Å². The van der Waals surface area contributed by atoms with Crippen molar-refractivity contribution < 1.29 is 4.79 Å². The first kappa shape index (κ1) is 18.6. The van der Waals surface area contributed by atoms with Crippen LogP contribution in [0, 0.1) is 12.8 Å². The van der Waals surface area contributed by atoms with Crippen molar-refractivity contribution in [2.75, 3.05) is 6.54 Å². The average Bonchev–Trinajstić information content (AvgIpc) is 3.18. The van der Waals surface area contributed by atoms with Crippen LogP contribution in [-0.2, 0) is 13.1 Å². The molecule has 3 aromatic rings. The molecule has 0 bridgehead atoms. The summed E-state index contributed by atoms with van der Waals surface area (Å²) >= 11 is 1.56. The lowest BCUT2D eigenvalue weighted by Gasteiger charge is -2.24. The van der Waals surface area contributed by atoms with Crippen molar-refractivity contribution in [1.29, 1.82) is 0 Å². The van der Waals surface area contributed by atoms with Gasteiger partial charge in [-0.3, -0.25) is 4.79 Å². The molecule has 0 aliphatic carbocycles. The summed E-state index contributed by atoms with van der Waals surface area (Å²) in [6.07, 6.45) is 1.04. The number of aryl methyl sites for hydroxylation is 2. The lowest BCUT2D eigenvalue weighted by molar-refractivity contribution is 0.0721. The number of fused-ring (bicyclic) bond motifs is 1. The Bertz CT molecular complexity index is 894. The van der Waals surface area contributed by atoms with Gasteiger partial charge in [0.15, 0.2) is 0 Å². The molecule has 0 fully saturated rings. The smallest absolute Gasteiger partial charge is 0.264 e. The minimum atomic E-state index is 0.104. The molecule has 138 valence electrons. The Morgan fingerprint density at radius 2 is 2.00 bits per heavy atom. The van der Waals surface area contributed by atoms with Crippen molar-refractivity contribution in [1.82, 2.24) is 14.5 Å². The van der Waals surface area contributed by atoms with Gasteiger partial charge in [0.2, 0.25) is 0 Å². The molecule has 0 spiro atoms. The number of hydrogen-bond donors (Lipinski definition) is 0. The predicted molar refractivity (Wildman–Crippen MR) is 109 cm³/mol. The number of aromatic nitrogens is 2. The van der Waals surface area contributed by atoms with E-state index < -0.39 is 0 Å². The first-order valence-electron chi connectivity index (χ1n) is 9.29. The number of carbonyl (C=O) groups is 1. The summed E-state index contributed by atoms with van der Waals surface area (Å²) in [4.78, 5) is 21.8. The largest absolute Gasteiger partial charge is 0.330 e. The van der Waals surface area contributed by atoms with Crippen LogP contribution in [0.15, 0.2) is 36.4 Å². The van der Waals surface area contributed by atoms with Crippen molar-refractivity contribution in [2.24, 2.45) is 5.92 Å². The van der Waals surface area contributed by atoms with Gasteiger partial charge in [0, 0.05) is 18.0 Å². The molecule has 2 heterocycles. The van der Waals surface area contributed by atoms with E-state index in [9.17, 15) is 4.79 Å². The first-order chi connectivity index (χ1) is 12.5. The van der Waals surface area contributed by atoms with Gasteiger partial charge in [-0.2, -0.15) is 0 Å². The van der Waals surface area contributed by atoms with Gasteiger partial charge in [-0.1, -0.05) is 32.9 Å². The Kier molecular flexibility index (Phi) is 5.77. The molecule has 0 atom stereocenters. The topological polar surface area (TPSA) is 38.1 Å². The molecule has 0 saturated heterocycles. The van der Waals surface area contributed by atoms with Crippen LogP contribution in [0.5, 0.6) is 0 Å². The minimum Gasteiger partial charge on any atom is -0.330 e. The molecule has 4 nitrogen and oxygen atoms in total. The summed E-state index contributed by atoms with van der Waals surface area (Å²) in [5, 5.41) is 0. The molecule has 3 rings (SSSR count). The summed E-state index contributed by atoms with van der Waals surface area (Å²) < 4.78 is 2.26. The van der Waals surface area contributed by atoms with Crippen LogP contribution in [0.25, 0.3) is 11.0 Å². The summed E-state index contributed by atoms with van der Waals surface area (Å²) in [7, 11) is 0. The monoisotopic (exact) mass is 369 g/mol. The molecule has 1 aromatic carbocycles. The Balaban J connectivity index is 1.95. The molecule has 0 N–H and O–H groups in total. The maximum atomic E-state index is 13.1. The van der Waals surface area contributed by atoms with Crippen LogP contribution in [0.4, 0.5) is 0 Å². The van der Waals surface area contributed by atoms with Gasteiger partial charge in [0.25, 0.3) is 5.91 Å². The number of thiophene rings is 1. The lowest BCUT2D eigenvalue weighted by atomic mass is 10.2. The number of hydrogen-bond acceptors (Lipinski definition) is 3. The number of rotatable bonds is 7. The number of nitrogens with zero attached hydrogens (tertiary/aromatic N) is 3. The number of para-hydroxylation sites is 2. The molecule has 0 aliphatic heterocycles. The summed E-state index contributed by atoms with van der Waals surface area (Å²) in [6, 6.07) is 12.2. The Morgan fingerprint density at radius 1 is 1.23 bits per heavy atom. The predicted octanol–water partition coefficient (Wildman–Crippen LogP) is 5.11. The van der Waals surface area contributed by atoms with Crippen molar-refractivity contribution in [2.45, 2.75) is 47.2 Å². The van der Waals surface area contributed by atoms with Crippen molar-refractivity contribution in [3.63, 3.8) is 0 Å². The average molecular weight is 370 g/mol. The van der Waals surface area contributed by atoms with Gasteiger partial charge in [-0.15, -0.1) is 11.3 Å². The van der Waals surface area contributed by atoms with E-state index in [0.717, 1.165) is 46.1 Å². The molecule has 0 unspecified atom stereocenters. The molecule has 0 radical (unpaired) electrons. The fourth-order valence-electron chi connectivity index (χ4n) is 3.26. The van der Waals surface area contributed by atoms with Gasteiger partial charge in [-0.05, 0) is 43.5 Å². The Hall–Kier alpha value is -2.14. The van der Waals surface area contributed by atoms with Crippen LogP contribution in [0.2, 0.25) is 0 Å². The van der Waals surface area contributed by atoms with Gasteiger partial charge in [-0.25, -0.2) is 4.98 Å². The molecule has 26 heavy (non-hydrogen) atoms. The standard InChI is InChI=1S/C21H27N3OS/c1-5-12-24-18-9-7-6-8-17(18)22-20(24)14-23(13-15(2)3)21(25)19-11-10-16(4)26-19/h6-11,15H,5,12-14H2,1-4H3. The third-order valence-electron chi connectivity index (χ3n) is 4.34. The van der Waals surface area contributed by atoms with E-state index in [1.165, 1.54) is 0 Å². The van der Waals surface area contributed by atoms with Crippen LogP contribution in [0.1, 0.15) is 47.6 Å². The SMILES string of the molecule is CCCn1c(CN(CC(C)C)C(=O)c2ccc(C)s2)nc2ccccc21. The van der Waals surface area contributed by atoms with Crippen LogP contribution in [0.3, 0.4) is 0 Å². The van der Waals surface area contributed by atoms with Crippen LogP contribution >= 0.6 is 11.3 Å². The summed E-state index contributed by atoms with van der Waals surface area (Å²) in [5.41, 5.74) is 2.15. The second-order valence-corrected chi connectivity index (χ2v) is 8.45. The third-order valence-corrected chi connectivity index (χ3v) is 5.33. The highest BCUT2D eigenvalue weighted by molar-refractivity contribution is 7.13. The molecule has 0 saturated carbocycles. The second kappa shape index (κ2) is 8.04. The highest BCUT2D eigenvalue weighted by atomic mass is 32.1. The summed E-state index contributed by atoms with van der Waals surface area (Å²) in [5.74, 6) is 1.48. The van der Waals surface area contributed by atoms with Crippen LogP contribution in [-0.4, -0.2) is 26.9 Å². The normalized spacial score (nSPS) is 11.4. The first-order valence-corrected chi connectivity index (χ1v) is 10.1. The zero-order valence-corrected chi connectivity index (χ0v) is 16.8. The van der Waals surface area contributed by atoms with E-state index in [1.807, 2.05) is 42.2 Å². The fraction of sp³-hybridized carbons (Fsp3) is 0.429. The molecule has 2 aromatic heterocycles. The van der Waals surface area contributed by atoms with E-state index in [-0.39, 0.29) is 5.91 Å². The third kappa shape index (κ3) is 3.98. The number of benzene rings is 1. The Labute approximate surface area is 159 Å². The molecular formula is C21H27N3OS. The van der Waals surface area contributed by atoms with Crippen molar-refractivity contribution in [3.8, 4) is 0 Å². The zero-order chi connectivity index (χ0) is 18.7. The van der Waals surface area contributed by atoms with Crippen molar-refractivity contribution >= 4 is 28.3 Å². The van der Waals surface area contributed by atoms with Gasteiger partial charge < -0.3 is 9.47 Å². The number of carbonyl (C=O) groups excluding carboxylic acids is 1. The maximum absolute atomic E-state index is 13.1. The van der Waals surface area contributed by atoms with E-state index in [0.29, 0.717) is 12.5 Å². The van der Waals surface area contributed by atoms with Gasteiger partial charge in [0.05, 0.1) is 22.5 Å². The maximum Gasteiger partial charge on any atom is 0.264 e. The molecule has 0 aliphatic rings. The van der Waals surface area contributed by atoms with Crippen LogP contribution < -0.4 is 0 Å². The van der Waals surface area contributed by atoms with Crippen molar-refractivity contribution in [3.05, 3.63) is 52.0 Å². The number of imidazole rings is 1. The van der Waals surface area contributed by atoms with Gasteiger partial charge >= 0.3 is 0 Å². The lowest BCUT2D eigenvalue weighted by Crippen LogP contribution is -2.34. The highest BCUT2D eigenvalue weighted by Gasteiger charge is 2.21. The number of amides is 1.